The van der Waals surface area contributed by atoms with Crippen molar-refractivity contribution in [2.45, 2.75) is 44.8 Å². The van der Waals surface area contributed by atoms with E-state index < -0.39 is 0 Å². The second-order valence-corrected chi connectivity index (χ2v) is 6.16. The largest absolute Gasteiger partial charge is 0.373 e. The third kappa shape index (κ3) is 3.43. The van der Waals surface area contributed by atoms with Crippen LogP contribution in [0.1, 0.15) is 44.7 Å². The lowest BCUT2D eigenvalue weighted by Gasteiger charge is -2.35. The van der Waals surface area contributed by atoms with E-state index in [0.29, 0.717) is 5.02 Å². The van der Waals surface area contributed by atoms with Crippen molar-refractivity contribution in [3.8, 4) is 0 Å². The maximum atomic E-state index is 6.36. The molecule has 1 aliphatic rings. The molecule has 0 aliphatic carbocycles. The first kappa shape index (κ1) is 15.1. The zero-order valence-corrected chi connectivity index (χ0v) is 13.0. The first-order chi connectivity index (χ1) is 9.07. The standard InChI is InChI=1S/C15H21Cl2NO/c1-3-8-18-14(15(2)7-4-9-19-15)12-10-11(16)5-6-13(12)17/h5-6,10,14,18H,3-4,7-9H2,1-2H3. The van der Waals surface area contributed by atoms with Gasteiger partial charge in [-0.05, 0) is 56.5 Å². The molecule has 1 heterocycles. The molecule has 0 amide bonds. The quantitative estimate of drug-likeness (QED) is 0.858. The second-order valence-electron chi connectivity index (χ2n) is 5.32. The van der Waals surface area contributed by atoms with E-state index in [4.69, 9.17) is 27.9 Å². The van der Waals surface area contributed by atoms with Crippen LogP contribution in [-0.4, -0.2) is 18.8 Å². The zero-order valence-electron chi connectivity index (χ0n) is 11.5. The molecule has 0 bridgehead atoms. The van der Waals surface area contributed by atoms with Crippen molar-refractivity contribution < 1.29 is 4.74 Å². The monoisotopic (exact) mass is 301 g/mol. The average molecular weight is 302 g/mol. The molecule has 0 aromatic heterocycles. The predicted molar refractivity (Wildman–Crippen MR) is 81.1 cm³/mol. The van der Waals surface area contributed by atoms with Gasteiger partial charge in [-0.1, -0.05) is 30.1 Å². The average Bonchev–Trinajstić information content (AvgIpc) is 2.82. The highest BCUT2D eigenvalue weighted by Crippen LogP contribution is 2.40. The minimum Gasteiger partial charge on any atom is -0.373 e. The lowest BCUT2D eigenvalue weighted by atomic mass is 9.87. The smallest absolute Gasteiger partial charge is 0.0849 e. The fourth-order valence-electron chi connectivity index (χ4n) is 2.71. The fraction of sp³-hybridized carbons (Fsp3) is 0.600. The van der Waals surface area contributed by atoms with Gasteiger partial charge in [0, 0.05) is 16.7 Å². The molecule has 1 aliphatic heterocycles. The third-order valence-corrected chi connectivity index (χ3v) is 4.31. The summed E-state index contributed by atoms with van der Waals surface area (Å²) in [5.74, 6) is 0. The lowest BCUT2D eigenvalue weighted by Crippen LogP contribution is -2.41. The Labute approximate surface area is 125 Å². The van der Waals surface area contributed by atoms with E-state index in [1.807, 2.05) is 18.2 Å². The number of ether oxygens (including phenoxy) is 1. The van der Waals surface area contributed by atoms with Crippen molar-refractivity contribution in [3.63, 3.8) is 0 Å². The molecule has 4 heteroatoms. The van der Waals surface area contributed by atoms with Crippen LogP contribution in [0.2, 0.25) is 10.0 Å². The highest BCUT2D eigenvalue weighted by molar-refractivity contribution is 6.33. The topological polar surface area (TPSA) is 21.3 Å². The Balaban J connectivity index is 2.33. The molecule has 0 saturated carbocycles. The van der Waals surface area contributed by atoms with Gasteiger partial charge in [-0.3, -0.25) is 0 Å². The van der Waals surface area contributed by atoms with Gasteiger partial charge in [0.2, 0.25) is 0 Å². The fourth-order valence-corrected chi connectivity index (χ4v) is 3.11. The molecule has 1 saturated heterocycles. The van der Waals surface area contributed by atoms with E-state index in [1.54, 1.807) is 0 Å². The van der Waals surface area contributed by atoms with Crippen LogP contribution in [0, 0.1) is 0 Å². The molecule has 19 heavy (non-hydrogen) atoms. The molecule has 1 aromatic carbocycles. The van der Waals surface area contributed by atoms with Crippen LogP contribution in [0.3, 0.4) is 0 Å². The van der Waals surface area contributed by atoms with Crippen LogP contribution in [0.25, 0.3) is 0 Å². The molecule has 2 atom stereocenters. The van der Waals surface area contributed by atoms with Gasteiger partial charge in [0.1, 0.15) is 0 Å². The second kappa shape index (κ2) is 6.45. The molecule has 1 N–H and O–H groups in total. The van der Waals surface area contributed by atoms with Crippen molar-refractivity contribution in [3.05, 3.63) is 33.8 Å². The Morgan fingerprint density at radius 2 is 2.21 bits per heavy atom. The van der Waals surface area contributed by atoms with Crippen molar-refractivity contribution in [1.82, 2.24) is 5.32 Å². The van der Waals surface area contributed by atoms with Crippen molar-refractivity contribution in [2.24, 2.45) is 0 Å². The summed E-state index contributed by atoms with van der Waals surface area (Å²) in [6.45, 7) is 6.07. The Bertz CT molecular complexity index is 430. The molecule has 0 radical (unpaired) electrons. The Kier molecular flexibility index (Phi) is 5.13. The van der Waals surface area contributed by atoms with Gasteiger partial charge >= 0.3 is 0 Å². The number of hydrogen-bond donors (Lipinski definition) is 1. The minimum atomic E-state index is -0.205. The minimum absolute atomic E-state index is 0.0844. The van der Waals surface area contributed by atoms with Gasteiger partial charge < -0.3 is 10.1 Å². The first-order valence-electron chi connectivity index (χ1n) is 6.89. The SMILES string of the molecule is CCCNC(c1cc(Cl)ccc1Cl)C1(C)CCCO1. The number of halogens is 2. The van der Waals surface area contributed by atoms with Gasteiger partial charge in [0.05, 0.1) is 11.6 Å². The van der Waals surface area contributed by atoms with Gasteiger partial charge in [-0.25, -0.2) is 0 Å². The Morgan fingerprint density at radius 3 is 2.84 bits per heavy atom. The van der Waals surface area contributed by atoms with Crippen molar-refractivity contribution >= 4 is 23.2 Å². The summed E-state index contributed by atoms with van der Waals surface area (Å²) >= 11 is 12.5. The maximum Gasteiger partial charge on any atom is 0.0849 e. The normalized spacial score (nSPS) is 24.6. The van der Waals surface area contributed by atoms with Crippen LogP contribution in [0.4, 0.5) is 0 Å². The summed E-state index contributed by atoms with van der Waals surface area (Å²) in [5.41, 5.74) is 0.829. The predicted octanol–water partition coefficient (Wildman–Crippen LogP) is 4.60. The summed E-state index contributed by atoms with van der Waals surface area (Å²) in [6, 6.07) is 5.71. The first-order valence-corrected chi connectivity index (χ1v) is 7.64. The van der Waals surface area contributed by atoms with E-state index >= 15 is 0 Å². The van der Waals surface area contributed by atoms with Gasteiger partial charge in [0.15, 0.2) is 0 Å². The van der Waals surface area contributed by atoms with E-state index in [0.717, 1.165) is 43.0 Å². The molecule has 1 fully saturated rings. The molecular weight excluding hydrogens is 281 g/mol. The highest BCUT2D eigenvalue weighted by Gasteiger charge is 2.39. The molecule has 0 spiro atoms. The molecule has 2 rings (SSSR count). The van der Waals surface area contributed by atoms with Crippen LogP contribution >= 0.6 is 23.2 Å². The number of benzene rings is 1. The molecule has 2 nitrogen and oxygen atoms in total. The summed E-state index contributed by atoms with van der Waals surface area (Å²) in [5, 5.41) is 5.03. The maximum absolute atomic E-state index is 6.36. The van der Waals surface area contributed by atoms with Crippen molar-refractivity contribution in [1.29, 1.82) is 0 Å². The molecule has 106 valence electrons. The van der Waals surface area contributed by atoms with E-state index in [-0.39, 0.29) is 11.6 Å². The number of rotatable bonds is 5. The lowest BCUT2D eigenvalue weighted by molar-refractivity contribution is -0.0124. The van der Waals surface area contributed by atoms with Gasteiger partial charge in [0.25, 0.3) is 0 Å². The third-order valence-electron chi connectivity index (χ3n) is 3.73. The van der Waals surface area contributed by atoms with Crippen LogP contribution in [0.5, 0.6) is 0 Å². The van der Waals surface area contributed by atoms with Gasteiger partial charge in [-0.2, -0.15) is 0 Å². The van der Waals surface area contributed by atoms with E-state index in [9.17, 15) is 0 Å². The molecule has 1 aromatic rings. The molecule has 2 unspecified atom stereocenters. The number of hydrogen-bond acceptors (Lipinski definition) is 2. The summed E-state index contributed by atoms with van der Waals surface area (Å²) < 4.78 is 5.98. The molecular formula is C15H21Cl2NO. The van der Waals surface area contributed by atoms with E-state index in [2.05, 4.69) is 19.2 Å². The van der Waals surface area contributed by atoms with Crippen molar-refractivity contribution in [2.75, 3.05) is 13.2 Å². The number of nitrogens with one attached hydrogen (secondary N) is 1. The van der Waals surface area contributed by atoms with Crippen LogP contribution in [-0.2, 0) is 4.74 Å². The zero-order chi connectivity index (χ0) is 13.9. The van der Waals surface area contributed by atoms with Crippen LogP contribution < -0.4 is 5.32 Å². The Morgan fingerprint density at radius 1 is 1.42 bits per heavy atom. The Hall–Kier alpha value is -0.280. The van der Waals surface area contributed by atoms with Crippen LogP contribution in [0.15, 0.2) is 18.2 Å². The summed E-state index contributed by atoms with van der Waals surface area (Å²) in [6.07, 6.45) is 3.21. The summed E-state index contributed by atoms with van der Waals surface area (Å²) in [4.78, 5) is 0. The van der Waals surface area contributed by atoms with Gasteiger partial charge in [-0.15, -0.1) is 0 Å². The summed E-state index contributed by atoms with van der Waals surface area (Å²) in [7, 11) is 0. The van der Waals surface area contributed by atoms with E-state index in [1.165, 1.54) is 0 Å². The highest BCUT2D eigenvalue weighted by atomic mass is 35.5.